The van der Waals surface area contributed by atoms with Crippen LogP contribution in [0.3, 0.4) is 0 Å². The summed E-state index contributed by atoms with van der Waals surface area (Å²) >= 11 is 0. The minimum atomic E-state index is -0.226. The maximum Gasteiger partial charge on any atom is 0.248 e. The number of hydrogen-bond acceptors (Lipinski definition) is 8. The molecule has 1 saturated heterocycles. The van der Waals surface area contributed by atoms with Crippen molar-refractivity contribution >= 4 is 11.6 Å². The number of benzene rings is 2. The van der Waals surface area contributed by atoms with E-state index in [1.54, 1.807) is 19.1 Å². The van der Waals surface area contributed by atoms with Gasteiger partial charge in [-0.25, -0.2) is 0 Å². The number of rotatable bonds is 18. The van der Waals surface area contributed by atoms with Crippen LogP contribution in [0.2, 0.25) is 0 Å². The first-order valence-electron chi connectivity index (χ1n) is 15.9. The zero-order valence-electron chi connectivity index (χ0n) is 27.0. The van der Waals surface area contributed by atoms with Gasteiger partial charge >= 0.3 is 0 Å². The van der Waals surface area contributed by atoms with Crippen LogP contribution >= 0.6 is 0 Å². The quantitative estimate of drug-likeness (QED) is 0.202. The number of carbonyl (C=O) groups excluding carboxylic acids is 1. The average molecular weight is 615 g/mol. The number of nitrogens with one attached hydrogen (secondary N) is 1. The van der Waals surface area contributed by atoms with Crippen LogP contribution in [0, 0.1) is 0 Å². The average Bonchev–Trinajstić information content (AvgIpc) is 3.05. The van der Waals surface area contributed by atoms with Gasteiger partial charge in [-0.2, -0.15) is 0 Å². The van der Waals surface area contributed by atoms with Crippen molar-refractivity contribution in [3.8, 4) is 5.75 Å². The highest BCUT2D eigenvalue weighted by Gasteiger charge is 2.41. The van der Waals surface area contributed by atoms with Gasteiger partial charge in [0.15, 0.2) is 18.2 Å². The maximum absolute atomic E-state index is 12.8. The number of carbonyl (C=O) groups is 1. The van der Waals surface area contributed by atoms with E-state index in [0.29, 0.717) is 63.9 Å². The molecule has 0 spiro atoms. The van der Waals surface area contributed by atoms with E-state index in [1.807, 2.05) is 19.2 Å². The van der Waals surface area contributed by atoms with Crippen LogP contribution in [0.15, 0.2) is 48.5 Å². The van der Waals surface area contributed by atoms with Crippen molar-refractivity contribution in [2.24, 2.45) is 0 Å². The van der Waals surface area contributed by atoms with Gasteiger partial charge < -0.3 is 38.6 Å². The van der Waals surface area contributed by atoms with Gasteiger partial charge in [-0.1, -0.05) is 43.3 Å². The molecular weight excluding hydrogens is 562 g/mol. The van der Waals surface area contributed by atoms with Crippen LogP contribution in [-0.2, 0) is 35.1 Å². The van der Waals surface area contributed by atoms with Crippen molar-refractivity contribution in [1.29, 1.82) is 0 Å². The second kappa shape index (κ2) is 17.8. The first kappa shape index (κ1) is 34.3. The topological polar surface area (TPSA) is 87.7 Å². The molecule has 1 N–H and O–H groups in total. The lowest BCUT2D eigenvalue weighted by atomic mass is 9.85. The molecule has 1 unspecified atom stereocenters. The molecule has 10 heteroatoms. The van der Waals surface area contributed by atoms with Crippen molar-refractivity contribution in [3.05, 3.63) is 59.7 Å². The summed E-state index contributed by atoms with van der Waals surface area (Å²) in [7, 11) is 5.25. The number of likely N-dealkylation sites (N-methyl/N-ethyl adjacent to an activating group) is 1. The summed E-state index contributed by atoms with van der Waals surface area (Å²) in [6, 6.07) is 16.8. The molecule has 4 rings (SSSR count). The first-order valence-corrected chi connectivity index (χ1v) is 15.9. The minimum Gasteiger partial charge on any atom is -0.481 e. The lowest BCUT2D eigenvalue weighted by Crippen LogP contribution is -2.59. The van der Waals surface area contributed by atoms with Crippen LogP contribution < -0.4 is 14.5 Å². The molecule has 2 aliphatic rings. The summed E-state index contributed by atoms with van der Waals surface area (Å²) in [5, 5.41) is 3.53. The maximum atomic E-state index is 12.8. The molecule has 4 atom stereocenters. The summed E-state index contributed by atoms with van der Waals surface area (Å²) < 4.78 is 36.3. The van der Waals surface area contributed by atoms with Crippen LogP contribution in [0.1, 0.15) is 36.8 Å². The zero-order valence-corrected chi connectivity index (χ0v) is 27.0. The fraction of sp³-hybridized carbons (Fsp3) is 0.618. The van der Waals surface area contributed by atoms with Crippen LogP contribution in [0.25, 0.3) is 0 Å². The highest BCUT2D eigenvalue weighted by molar-refractivity contribution is 5.77. The molecule has 0 radical (unpaired) electrons. The van der Waals surface area contributed by atoms with Gasteiger partial charge in [0.05, 0.1) is 45.2 Å². The van der Waals surface area contributed by atoms with E-state index in [2.05, 4.69) is 48.6 Å². The van der Waals surface area contributed by atoms with Crippen LogP contribution in [0.4, 0.5) is 5.69 Å². The van der Waals surface area contributed by atoms with E-state index in [4.69, 9.17) is 28.4 Å². The second-order valence-electron chi connectivity index (χ2n) is 11.7. The van der Waals surface area contributed by atoms with Crippen molar-refractivity contribution in [2.45, 2.75) is 44.5 Å². The summed E-state index contributed by atoms with van der Waals surface area (Å²) in [5.41, 5.74) is 3.37. The van der Waals surface area contributed by atoms with Crippen molar-refractivity contribution in [1.82, 2.24) is 14.7 Å². The Hall–Kier alpha value is -2.57. The summed E-state index contributed by atoms with van der Waals surface area (Å²) in [6.45, 7) is 9.32. The van der Waals surface area contributed by atoms with Gasteiger partial charge in [0.25, 0.3) is 0 Å². The number of ether oxygens (including phenoxy) is 6. The van der Waals surface area contributed by atoms with Gasteiger partial charge in [0.1, 0.15) is 19.8 Å². The largest absolute Gasteiger partial charge is 0.481 e. The predicted molar refractivity (Wildman–Crippen MR) is 171 cm³/mol. The Morgan fingerprint density at radius 1 is 1.00 bits per heavy atom. The normalized spacial score (nSPS) is 23.1. The number of quaternary nitrogens is 1. The number of piperidine rings is 1. The molecule has 0 bridgehead atoms. The molecule has 2 aliphatic heterocycles. The van der Waals surface area contributed by atoms with Gasteiger partial charge in [0.2, 0.25) is 5.91 Å². The number of methoxy groups -OCH3 is 2. The van der Waals surface area contributed by atoms with E-state index >= 15 is 0 Å². The van der Waals surface area contributed by atoms with Gasteiger partial charge in [0, 0.05) is 59.3 Å². The molecule has 0 saturated carbocycles. The highest BCUT2D eigenvalue weighted by Crippen LogP contribution is 2.38. The van der Waals surface area contributed by atoms with E-state index < -0.39 is 0 Å². The molecule has 1 amide bonds. The van der Waals surface area contributed by atoms with Gasteiger partial charge in [-0.3, -0.25) is 9.28 Å². The SMILES string of the molecule is CCCN(C)C(=O)CO[C@@H]1CNC[C@H](OC[N+]2(CCCOC)CCOc3ccccc32)[C@@H]1c1ccc(COCCOC)cc1. The fourth-order valence-corrected chi connectivity index (χ4v) is 6.14. The van der Waals surface area contributed by atoms with Crippen molar-refractivity contribution < 1.29 is 33.2 Å². The van der Waals surface area contributed by atoms with Gasteiger partial charge in [-0.05, 0) is 23.6 Å². The van der Waals surface area contributed by atoms with Crippen LogP contribution in [-0.4, -0.2) is 117 Å². The third-order valence-corrected chi connectivity index (χ3v) is 8.59. The summed E-state index contributed by atoms with van der Waals surface area (Å²) in [5.74, 6) is 0.849. The van der Waals surface area contributed by atoms with Gasteiger partial charge in [-0.15, -0.1) is 0 Å². The third kappa shape index (κ3) is 9.23. The number of nitrogens with zero attached hydrogens (tertiary/aromatic N) is 2. The first-order chi connectivity index (χ1) is 21.5. The van der Waals surface area contributed by atoms with Crippen molar-refractivity contribution in [2.75, 3.05) is 93.8 Å². The lowest BCUT2D eigenvalue weighted by molar-refractivity contribution is -0.140. The Morgan fingerprint density at radius 3 is 2.50 bits per heavy atom. The number of hydrogen-bond donors (Lipinski definition) is 1. The second-order valence-corrected chi connectivity index (χ2v) is 11.7. The number of para-hydroxylation sites is 2. The smallest absolute Gasteiger partial charge is 0.248 e. The Labute approximate surface area is 263 Å². The molecule has 2 aromatic rings. The molecule has 1 fully saturated rings. The Bertz CT molecular complexity index is 1130. The third-order valence-electron chi connectivity index (χ3n) is 8.59. The Morgan fingerprint density at radius 2 is 1.75 bits per heavy atom. The van der Waals surface area contributed by atoms with Crippen LogP contribution in [0.5, 0.6) is 5.75 Å². The lowest BCUT2D eigenvalue weighted by Gasteiger charge is -2.44. The van der Waals surface area contributed by atoms with E-state index in [9.17, 15) is 4.79 Å². The zero-order chi connectivity index (χ0) is 31.2. The molecular formula is C34H52N3O7+. The molecule has 244 valence electrons. The van der Waals surface area contributed by atoms with Crippen molar-refractivity contribution in [3.63, 3.8) is 0 Å². The molecule has 2 aromatic carbocycles. The number of amides is 1. The van der Waals surface area contributed by atoms with E-state index in [-0.39, 0.29) is 30.6 Å². The Kier molecular flexibility index (Phi) is 13.9. The molecule has 0 aromatic heterocycles. The standard InChI is InChI=1S/C34H52N3O7/c1-5-15-36(2)33(38)25-43-31-22-35-23-32(34(31)28-13-11-27(12-14-28)24-41-21-20-40-4)44-26-37(16-8-18-39-3)17-19-42-30-10-7-6-9-29(30)37/h6-7,9-14,31-32,34-35H,5,8,15-26H2,1-4H3/q+1/t31-,32+,34-,37?/m1/s1. The highest BCUT2D eigenvalue weighted by atomic mass is 16.5. The fourth-order valence-electron chi connectivity index (χ4n) is 6.14. The van der Waals surface area contributed by atoms with E-state index in [1.165, 1.54) is 0 Å². The predicted octanol–water partition coefficient (Wildman–Crippen LogP) is 3.57. The summed E-state index contributed by atoms with van der Waals surface area (Å²) in [4.78, 5) is 14.5. The summed E-state index contributed by atoms with van der Waals surface area (Å²) in [6.07, 6.45) is 1.43. The Balaban J connectivity index is 1.55. The number of fused-ring (bicyclic) bond motifs is 1. The molecule has 0 aliphatic carbocycles. The minimum absolute atomic E-state index is 0.00947. The van der Waals surface area contributed by atoms with E-state index in [0.717, 1.165) is 48.5 Å². The molecule has 10 nitrogen and oxygen atoms in total. The molecule has 44 heavy (non-hydrogen) atoms. The molecule has 2 heterocycles. The monoisotopic (exact) mass is 614 g/mol.